The number of benzene rings is 1. The number of hydrogen-bond donors (Lipinski definition) is 1. The van der Waals surface area contributed by atoms with Crippen LogP contribution in [0.25, 0.3) is 0 Å². The van der Waals surface area contributed by atoms with Gasteiger partial charge in [-0.25, -0.2) is 4.39 Å². The molecule has 0 aliphatic rings. The number of hydrogen-bond acceptors (Lipinski definition) is 2. The third-order valence-electron chi connectivity index (χ3n) is 3.54. The quantitative estimate of drug-likeness (QED) is 0.881. The van der Waals surface area contributed by atoms with Crippen molar-refractivity contribution in [3.8, 4) is 6.07 Å². The molecule has 1 aromatic carbocycles. The van der Waals surface area contributed by atoms with Crippen LogP contribution in [-0.4, -0.2) is 11.1 Å². The molecule has 0 spiro atoms. The number of nitrogens with zero attached hydrogens (tertiary/aromatic N) is 2. The van der Waals surface area contributed by atoms with Gasteiger partial charge in [0.15, 0.2) is 0 Å². The molecule has 3 nitrogen and oxygen atoms in total. The molecule has 0 bridgehead atoms. The Morgan fingerprint density at radius 1 is 1.38 bits per heavy atom. The van der Waals surface area contributed by atoms with Crippen LogP contribution in [0.4, 0.5) is 4.39 Å². The summed E-state index contributed by atoms with van der Waals surface area (Å²) in [6.45, 7) is 5.69. The fraction of sp³-hybridized carbons (Fsp3) is 0.353. The molecule has 0 amide bonds. The van der Waals surface area contributed by atoms with Crippen molar-refractivity contribution in [1.82, 2.24) is 9.88 Å². The third kappa shape index (κ3) is 3.71. The Balaban J connectivity index is 2.23. The van der Waals surface area contributed by atoms with E-state index in [-0.39, 0.29) is 11.9 Å². The van der Waals surface area contributed by atoms with E-state index in [9.17, 15) is 4.39 Å². The van der Waals surface area contributed by atoms with Gasteiger partial charge in [-0.2, -0.15) is 5.26 Å². The predicted octanol–water partition coefficient (Wildman–Crippen LogP) is 3.61. The summed E-state index contributed by atoms with van der Waals surface area (Å²) < 4.78 is 15.5. The molecule has 0 radical (unpaired) electrons. The van der Waals surface area contributed by atoms with E-state index in [4.69, 9.17) is 5.26 Å². The first kappa shape index (κ1) is 15.3. The Morgan fingerprint density at radius 3 is 2.90 bits per heavy atom. The highest BCUT2D eigenvalue weighted by Gasteiger charge is 2.11. The lowest BCUT2D eigenvalue weighted by Crippen LogP contribution is -2.22. The van der Waals surface area contributed by atoms with Crippen molar-refractivity contribution in [2.45, 2.75) is 32.9 Å². The molecule has 2 rings (SSSR count). The van der Waals surface area contributed by atoms with Crippen LogP contribution in [0.1, 0.15) is 43.1 Å². The molecule has 0 aliphatic carbocycles. The molecule has 0 saturated heterocycles. The number of rotatable bonds is 6. The van der Waals surface area contributed by atoms with E-state index >= 15 is 0 Å². The van der Waals surface area contributed by atoms with E-state index in [0.29, 0.717) is 17.7 Å². The molecule has 1 N–H and O–H groups in total. The first-order valence-electron chi connectivity index (χ1n) is 7.22. The Hall–Kier alpha value is -2.12. The highest BCUT2D eigenvalue weighted by molar-refractivity contribution is 5.38. The van der Waals surface area contributed by atoms with Crippen LogP contribution in [0.15, 0.2) is 36.5 Å². The van der Waals surface area contributed by atoms with Crippen molar-refractivity contribution >= 4 is 0 Å². The second-order valence-electron chi connectivity index (χ2n) is 5.15. The minimum Gasteiger partial charge on any atom is -0.346 e. The lowest BCUT2D eigenvalue weighted by Gasteiger charge is -2.17. The van der Waals surface area contributed by atoms with Gasteiger partial charge in [-0.1, -0.05) is 6.92 Å². The molecule has 0 fully saturated rings. The summed E-state index contributed by atoms with van der Waals surface area (Å²) >= 11 is 0. The van der Waals surface area contributed by atoms with Gasteiger partial charge < -0.3 is 9.88 Å². The number of nitrogens with one attached hydrogen (secondary N) is 1. The van der Waals surface area contributed by atoms with Crippen molar-refractivity contribution < 1.29 is 4.39 Å². The molecule has 2 aromatic rings. The van der Waals surface area contributed by atoms with Gasteiger partial charge in [0.2, 0.25) is 0 Å². The zero-order valence-electron chi connectivity index (χ0n) is 12.4. The third-order valence-corrected chi connectivity index (χ3v) is 3.54. The summed E-state index contributed by atoms with van der Waals surface area (Å²) in [5.74, 6) is -0.310. The number of nitriles is 1. The molecule has 1 atom stereocenters. The fourth-order valence-electron chi connectivity index (χ4n) is 2.42. The molecule has 21 heavy (non-hydrogen) atoms. The van der Waals surface area contributed by atoms with Crippen molar-refractivity contribution in [2.75, 3.05) is 6.54 Å². The van der Waals surface area contributed by atoms with Gasteiger partial charge >= 0.3 is 0 Å². The van der Waals surface area contributed by atoms with Gasteiger partial charge in [0.25, 0.3) is 0 Å². The zero-order chi connectivity index (χ0) is 15.2. The lowest BCUT2D eigenvalue weighted by atomic mass is 10.1. The number of aromatic nitrogens is 1. The van der Waals surface area contributed by atoms with Crippen LogP contribution in [-0.2, 0) is 6.54 Å². The topological polar surface area (TPSA) is 40.8 Å². The second-order valence-corrected chi connectivity index (χ2v) is 5.15. The van der Waals surface area contributed by atoms with E-state index in [2.05, 4.69) is 35.9 Å². The molecule has 0 saturated carbocycles. The summed E-state index contributed by atoms with van der Waals surface area (Å²) in [5, 5.41) is 12.6. The predicted molar refractivity (Wildman–Crippen MR) is 81.4 cm³/mol. The normalized spacial score (nSPS) is 12.1. The molecule has 4 heteroatoms. The van der Waals surface area contributed by atoms with Crippen LogP contribution in [0.3, 0.4) is 0 Å². The van der Waals surface area contributed by atoms with Gasteiger partial charge in [-0.05, 0) is 55.8 Å². The Bertz CT molecular complexity index is 640. The molecular formula is C17H20FN3. The van der Waals surface area contributed by atoms with Crippen LogP contribution < -0.4 is 5.32 Å². The summed E-state index contributed by atoms with van der Waals surface area (Å²) in [6, 6.07) is 10.7. The van der Waals surface area contributed by atoms with Gasteiger partial charge in [0.05, 0.1) is 11.6 Å². The van der Waals surface area contributed by atoms with Gasteiger partial charge in [0, 0.05) is 24.5 Å². The fourth-order valence-corrected chi connectivity index (χ4v) is 2.42. The average Bonchev–Trinajstić information content (AvgIpc) is 2.93. The maximum Gasteiger partial charge on any atom is 0.123 e. The zero-order valence-corrected chi connectivity index (χ0v) is 12.4. The largest absolute Gasteiger partial charge is 0.346 e. The first-order valence-corrected chi connectivity index (χ1v) is 7.22. The van der Waals surface area contributed by atoms with Crippen molar-refractivity contribution in [2.24, 2.45) is 0 Å². The van der Waals surface area contributed by atoms with Crippen molar-refractivity contribution in [3.05, 3.63) is 59.2 Å². The van der Waals surface area contributed by atoms with E-state index in [1.165, 1.54) is 18.2 Å². The molecule has 110 valence electrons. The first-order chi connectivity index (χ1) is 10.2. The summed E-state index contributed by atoms with van der Waals surface area (Å²) in [4.78, 5) is 0. The maximum atomic E-state index is 13.4. The van der Waals surface area contributed by atoms with E-state index in [1.54, 1.807) is 0 Å². The second kappa shape index (κ2) is 7.05. The van der Waals surface area contributed by atoms with Gasteiger partial charge in [-0.3, -0.25) is 0 Å². The smallest absolute Gasteiger partial charge is 0.123 e. The Morgan fingerprint density at radius 2 is 2.19 bits per heavy atom. The van der Waals surface area contributed by atoms with E-state index in [1.807, 2.05) is 12.3 Å². The lowest BCUT2D eigenvalue weighted by molar-refractivity contribution is 0.534. The highest BCUT2D eigenvalue weighted by atomic mass is 19.1. The monoisotopic (exact) mass is 285 g/mol. The van der Waals surface area contributed by atoms with E-state index < -0.39 is 0 Å². The standard InChI is InChI=1S/C17H20FN3/c1-3-8-20-13(2)17-5-4-9-21(17)12-15-10-16(18)7-6-14(15)11-19/h4-7,9-10,13,20H,3,8,12H2,1-2H3. The van der Waals surface area contributed by atoms with E-state index in [0.717, 1.165) is 18.7 Å². The minimum atomic E-state index is -0.310. The SMILES string of the molecule is CCCNC(C)c1cccn1Cc1cc(F)ccc1C#N. The van der Waals surface area contributed by atoms with Crippen LogP contribution in [0.2, 0.25) is 0 Å². The minimum absolute atomic E-state index is 0.221. The average molecular weight is 285 g/mol. The van der Waals surface area contributed by atoms with Crippen LogP contribution >= 0.6 is 0 Å². The van der Waals surface area contributed by atoms with Crippen LogP contribution in [0.5, 0.6) is 0 Å². The maximum absolute atomic E-state index is 13.4. The number of halogens is 1. The Labute approximate surface area is 125 Å². The van der Waals surface area contributed by atoms with Gasteiger partial charge in [0.1, 0.15) is 5.82 Å². The molecular weight excluding hydrogens is 265 g/mol. The summed E-state index contributed by atoms with van der Waals surface area (Å²) in [5.41, 5.74) is 2.36. The van der Waals surface area contributed by atoms with Crippen molar-refractivity contribution in [3.63, 3.8) is 0 Å². The summed E-state index contributed by atoms with van der Waals surface area (Å²) in [7, 11) is 0. The summed E-state index contributed by atoms with van der Waals surface area (Å²) in [6.07, 6.45) is 3.04. The van der Waals surface area contributed by atoms with Crippen molar-refractivity contribution in [1.29, 1.82) is 5.26 Å². The highest BCUT2D eigenvalue weighted by Crippen LogP contribution is 2.18. The molecule has 1 heterocycles. The molecule has 1 unspecified atom stereocenters. The Kier molecular flexibility index (Phi) is 5.13. The molecule has 0 aliphatic heterocycles. The van der Waals surface area contributed by atoms with Crippen LogP contribution in [0, 0.1) is 17.1 Å². The molecule has 1 aromatic heterocycles. The van der Waals surface area contributed by atoms with Gasteiger partial charge in [-0.15, -0.1) is 0 Å².